The predicted octanol–water partition coefficient (Wildman–Crippen LogP) is 4.75. The lowest BCUT2D eigenvalue weighted by Crippen LogP contribution is -2.22. The Labute approximate surface area is 200 Å². The zero-order valence-corrected chi connectivity index (χ0v) is 18.9. The molecule has 0 saturated carbocycles. The van der Waals surface area contributed by atoms with E-state index in [1.807, 2.05) is 6.07 Å². The number of aromatic carboxylic acids is 2. The first-order valence-corrected chi connectivity index (χ1v) is 10.4. The van der Waals surface area contributed by atoms with Gasteiger partial charge < -0.3 is 15.5 Å². The number of allylic oxidation sites excluding steroid dienone is 1. The fourth-order valence-corrected chi connectivity index (χ4v) is 3.43. The molecule has 2 rings (SSSR count). The van der Waals surface area contributed by atoms with Gasteiger partial charge in [0, 0.05) is 5.02 Å². The fourth-order valence-electron chi connectivity index (χ4n) is 3.17. The zero-order chi connectivity index (χ0) is 25.3. The summed E-state index contributed by atoms with van der Waals surface area (Å²) in [5.41, 5.74) is 8.34. The predicted molar refractivity (Wildman–Crippen MR) is 128 cm³/mol. The lowest BCUT2D eigenvalue weighted by atomic mass is 9.99. The average Bonchev–Trinajstić information content (AvgIpc) is 2.77. The molecule has 0 atom stereocenters. The number of halogens is 1. The molecule has 0 saturated heterocycles. The van der Waals surface area contributed by atoms with Crippen LogP contribution in [-0.4, -0.2) is 40.0 Å². The third kappa shape index (κ3) is 7.17. The van der Waals surface area contributed by atoms with Gasteiger partial charge in [0.25, 0.3) is 5.91 Å². The standard InChI is InChI=1S/C23H22ClN5O5/c1-13-10-14(7-8-16(13)22(31)32)4-2-5-15-11-20(17(23(33)34)12-18(15)24)28-21(30)19(25)6-3-9-27-29-26/h3,6-12,25-26H,2,4-5H2,1H3,(H,28,30)(H,31,32)(H,33,34)/b6-3-,25-19?,27-9+,29-26?. The first-order chi connectivity index (χ1) is 16.1. The summed E-state index contributed by atoms with van der Waals surface area (Å²) < 4.78 is 0. The van der Waals surface area contributed by atoms with Gasteiger partial charge in [-0.3, -0.25) is 10.2 Å². The minimum Gasteiger partial charge on any atom is -0.478 e. The van der Waals surface area contributed by atoms with Crippen LogP contribution in [0.2, 0.25) is 5.02 Å². The summed E-state index contributed by atoms with van der Waals surface area (Å²) in [5, 5.41) is 35.0. The van der Waals surface area contributed by atoms with E-state index in [1.54, 1.807) is 19.1 Å². The summed E-state index contributed by atoms with van der Waals surface area (Å²) >= 11 is 6.27. The maximum atomic E-state index is 12.3. The molecular weight excluding hydrogens is 462 g/mol. The topological polar surface area (TPSA) is 176 Å². The first kappa shape index (κ1) is 26.1. The van der Waals surface area contributed by atoms with E-state index in [1.165, 1.54) is 18.2 Å². The second kappa shape index (κ2) is 12.2. The van der Waals surface area contributed by atoms with Gasteiger partial charge >= 0.3 is 11.9 Å². The van der Waals surface area contributed by atoms with Crippen LogP contribution in [0, 0.1) is 17.9 Å². The molecule has 0 unspecified atom stereocenters. The third-order valence-electron chi connectivity index (χ3n) is 4.82. The molecule has 0 bridgehead atoms. The van der Waals surface area contributed by atoms with Crippen molar-refractivity contribution in [2.24, 2.45) is 10.3 Å². The van der Waals surface area contributed by atoms with E-state index in [2.05, 4.69) is 15.6 Å². The van der Waals surface area contributed by atoms with E-state index in [4.69, 9.17) is 27.6 Å². The molecule has 0 aromatic heterocycles. The van der Waals surface area contributed by atoms with Crippen molar-refractivity contribution in [3.63, 3.8) is 0 Å². The van der Waals surface area contributed by atoms with E-state index in [9.17, 15) is 19.5 Å². The Morgan fingerprint density at radius 3 is 2.41 bits per heavy atom. The molecule has 2 aromatic carbocycles. The van der Waals surface area contributed by atoms with Gasteiger partial charge in [-0.1, -0.05) is 29.0 Å². The van der Waals surface area contributed by atoms with Crippen molar-refractivity contribution in [2.75, 3.05) is 5.32 Å². The quantitative estimate of drug-likeness (QED) is 0.175. The number of hydrogen-bond donors (Lipinski definition) is 5. The number of carboxylic acids is 2. The number of hydrogen-bond acceptors (Lipinski definition) is 6. The minimum atomic E-state index is -1.29. The number of benzene rings is 2. The number of carbonyl (C=O) groups is 3. The molecule has 34 heavy (non-hydrogen) atoms. The monoisotopic (exact) mass is 483 g/mol. The number of nitrogens with zero attached hydrogens (tertiary/aromatic N) is 2. The summed E-state index contributed by atoms with van der Waals surface area (Å²) in [4.78, 5) is 35.1. The van der Waals surface area contributed by atoms with Crippen LogP contribution >= 0.6 is 11.6 Å². The van der Waals surface area contributed by atoms with Crippen molar-refractivity contribution in [3.8, 4) is 0 Å². The van der Waals surface area contributed by atoms with Crippen LogP contribution in [0.15, 0.2) is 52.8 Å². The van der Waals surface area contributed by atoms with E-state index in [0.717, 1.165) is 17.9 Å². The molecule has 176 valence electrons. The Balaban J connectivity index is 2.16. The molecule has 5 N–H and O–H groups in total. The van der Waals surface area contributed by atoms with Crippen molar-refractivity contribution in [2.45, 2.75) is 26.2 Å². The van der Waals surface area contributed by atoms with Gasteiger partial charge in [0.05, 0.1) is 23.0 Å². The number of amides is 1. The largest absolute Gasteiger partial charge is 0.478 e. The van der Waals surface area contributed by atoms with Crippen LogP contribution in [0.25, 0.3) is 0 Å². The van der Waals surface area contributed by atoms with Gasteiger partial charge in [0.1, 0.15) is 5.71 Å². The van der Waals surface area contributed by atoms with Gasteiger partial charge in [-0.05, 0) is 73.2 Å². The van der Waals surface area contributed by atoms with Crippen molar-refractivity contribution < 1.29 is 24.6 Å². The van der Waals surface area contributed by atoms with Crippen molar-refractivity contribution in [1.82, 2.24) is 0 Å². The summed E-state index contributed by atoms with van der Waals surface area (Å²) in [6.45, 7) is 1.73. The molecule has 10 nitrogen and oxygen atoms in total. The molecule has 0 aliphatic rings. The summed E-state index contributed by atoms with van der Waals surface area (Å²) in [6.07, 6.45) is 5.25. The fraction of sp³-hybridized carbons (Fsp3) is 0.174. The second-order valence-electron chi connectivity index (χ2n) is 7.19. The molecule has 2 aromatic rings. The van der Waals surface area contributed by atoms with Crippen LogP contribution in [0.1, 0.15) is 43.8 Å². The number of carbonyl (C=O) groups excluding carboxylic acids is 1. The van der Waals surface area contributed by atoms with Crippen molar-refractivity contribution in [3.05, 3.63) is 75.3 Å². The lowest BCUT2D eigenvalue weighted by Gasteiger charge is -2.13. The minimum absolute atomic E-state index is 0.00605. The maximum absolute atomic E-state index is 12.3. The highest BCUT2D eigenvalue weighted by Crippen LogP contribution is 2.27. The first-order valence-electron chi connectivity index (χ1n) is 9.99. The molecule has 0 radical (unpaired) electrons. The smallest absolute Gasteiger partial charge is 0.337 e. The van der Waals surface area contributed by atoms with Gasteiger partial charge in [-0.25, -0.2) is 9.59 Å². The van der Waals surface area contributed by atoms with E-state index < -0.39 is 23.6 Å². The molecule has 0 spiro atoms. The number of aryl methyl sites for hydroxylation is 3. The van der Waals surface area contributed by atoms with Gasteiger partial charge in [0.2, 0.25) is 0 Å². The molecule has 0 aliphatic carbocycles. The SMILES string of the molecule is Cc1cc(CCCc2cc(NC(=O)C(=N)/C=C\C=N\N=N)c(C(=O)O)cc2Cl)ccc1C(=O)O. The molecular formula is C23H22ClN5O5. The number of nitrogens with one attached hydrogen (secondary N) is 3. The number of rotatable bonds is 11. The van der Waals surface area contributed by atoms with Crippen LogP contribution in [0.4, 0.5) is 5.69 Å². The van der Waals surface area contributed by atoms with Gasteiger partial charge in [-0.2, -0.15) is 5.53 Å². The van der Waals surface area contributed by atoms with Crippen LogP contribution in [0.5, 0.6) is 0 Å². The maximum Gasteiger partial charge on any atom is 0.337 e. The summed E-state index contributed by atoms with van der Waals surface area (Å²) in [6, 6.07) is 7.85. The van der Waals surface area contributed by atoms with Crippen LogP contribution < -0.4 is 5.32 Å². The molecule has 0 heterocycles. The highest BCUT2D eigenvalue weighted by molar-refractivity contribution is 6.46. The molecule has 0 fully saturated rings. The second-order valence-corrected chi connectivity index (χ2v) is 7.60. The molecule has 1 amide bonds. The zero-order valence-electron chi connectivity index (χ0n) is 18.1. The normalized spacial score (nSPS) is 11.0. The van der Waals surface area contributed by atoms with E-state index in [-0.39, 0.29) is 21.8 Å². The van der Waals surface area contributed by atoms with Crippen LogP contribution in [-0.2, 0) is 17.6 Å². The van der Waals surface area contributed by atoms with Gasteiger partial charge in [0.15, 0.2) is 0 Å². The van der Waals surface area contributed by atoms with E-state index >= 15 is 0 Å². The van der Waals surface area contributed by atoms with E-state index in [0.29, 0.717) is 30.4 Å². The Morgan fingerprint density at radius 1 is 1.09 bits per heavy atom. The lowest BCUT2D eigenvalue weighted by molar-refractivity contribution is -0.110. The average molecular weight is 484 g/mol. The highest BCUT2D eigenvalue weighted by Gasteiger charge is 2.17. The Hall–Kier alpha value is -4.18. The molecule has 0 aliphatic heterocycles. The Morgan fingerprint density at radius 2 is 1.79 bits per heavy atom. The third-order valence-corrected chi connectivity index (χ3v) is 5.17. The van der Waals surface area contributed by atoms with Crippen LogP contribution in [0.3, 0.4) is 0 Å². The summed E-state index contributed by atoms with van der Waals surface area (Å²) in [7, 11) is 0. The molecule has 11 heteroatoms. The Bertz CT molecular complexity index is 1210. The van der Waals surface area contributed by atoms with Gasteiger partial charge in [-0.15, -0.1) is 5.10 Å². The number of anilines is 1. The summed E-state index contributed by atoms with van der Waals surface area (Å²) in [5.74, 6) is -3.11. The van der Waals surface area contributed by atoms with Crippen molar-refractivity contribution in [1.29, 1.82) is 10.9 Å². The Kier molecular flexibility index (Phi) is 9.33. The van der Waals surface area contributed by atoms with Crippen molar-refractivity contribution >= 4 is 47.1 Å². The number of carboxylic acid groups (broad SMARTS) is 2. The highest BCUT2D eigenvalue weighted by atomic mass is 35.5.